The molecule has 1 aromatic heterocycles. The highest BCUT2D eigenvalue weighted by Crippen LogP contribution is 2.45. The Balaban J connectivity index is 1.38. The Morgan fingerprint density at radius 2 is 1.32 bits per heavy atom. The first-order valence-corrected chi connectivity index (χ1v) is 19.1. The van der Waals surface area contributed by atoms with Crippen LogP contribution in [0, 0.1) is 0 Å². The molecular formula is C42H42F9N7O2. The standard InChI is InChI=1S/C42H42F9N7O2/c1-27(2)60-39(59)58-28(3)19-37(35-23-32(40(43,44)45)15-16-36(35)58)56(26-31-20-33(41(46,47)48)22-34(21-31)42(49,50)51)38-52-54-57(53-38)18-10-17-55(24-29-11-6-4-7-12-29)25-30-13-8-5-9-14-30/h4-9,11-16,20-23,27-28,37H,10,17-19,24-26H2,1-3H3/t28-,37+/m0/s1. The summed E-state index contributed by atoms with van der Waals surface area (Å²) in [6, 6.07) is 21.4. The highest BCUT2D eigenvalue weighted by atomic mass is 19.4. The number of alkyl halides is 9. The lowest BCUT2D eigenvalue weighted by Crippen LogP contribution is -2.47. The van der Waals surface area contributed by atoms with Crippen LogP contribution in [-0.4, -0.2) is 49.9 Å². The number of ether oxygens (including phenoxy) is 1. The molecule has 6 rings (SSSR count). The van der Waals surface area contributed by atoms with Crippen molar-refractivity contribution in [3.63, 3.8) is 0 Å². The molecule has 5 aromatic rings. The number of fused-ring (bicyclic) bond motifs is 1. The van der Waals surface area contributed by atoms with Gasteiger partial charge in [-0.15, -0.1) is 5.10 Å². The summed E-state index contributed by atoms with van der Waals surface area (Å²) in [5.74, 6) is -0.259. The zero-order chi connectivity index (χ0) is 43.4. The van der Waals surface area contributed by atoms with E-state index >= 15 is 0 Å². The second-order valence-corrected chi connectivity index (χ2v) is 14.9. The van der Waals surface area contributed by atoms with E-state index < -0.39 is 71.6 Å². The quantitative estimate of drug-likeness (QED) is 0.109. The molecule has 0 aliphatic carbocycles. The van der Waals surface area contributed by atoms with Gasteiger partial charge in [0.25, 0.3) is 5.95 Å². The summed E-state index contributed by atoms with van der Waals surface area (Å²) < 4.78 is 132. The first-order valence-electron chi connectivity index (χ1n) is 19.1. The van der Waals surface area contributed by atoms with Gasteiger partial charge in [-0.05, 0) is 97.5 Å². The van der Waals surface area contributed by atoms with Crippen LogP contribution in [0.25, 0.3) is 0 Å². The van der Waals surface area contributed by atoms with Crippen LogP contribution >= 0.6 is 0 Å². The summed E-state index contributed by atoms with van der Waals surface area (Å²) in [6.07, 6.45) is -16.3. The van der Waals surface area contributed by atoms with Gasteiger partial charge in [-0.25, -0.2) is 4.79 Å². The number of anilines is 2. The van der Waals surface area contributed by atoms with Crippen molar-refractivity contribution < 1.29 is 49.0 Å². The number of rotatable bonds is 13. The molecule has 0 N–H and O–H groups in total. The van der Waals surface area contributed by atoms with E-state index in [0.717, 1.165) is 29.3 Å². The highest BCUT2D eigenvalue weighted by Gasteiger charge is 2.42. The number of aryl methyl sites for hydroxylation is 1. The van der Waals surface area contributed by atoms with E-state index in [1.807, 2.05) is 60.7 Å². The molecule has 1 aliphatic heterocycles. The number of hydrogen-bond acceptors (Lipinski definition) is 7. The first kappa shape index (κ1) is 43.9. The van der Waals surface area contributed by atoms with Gasteiger partial charge in [-0.3, -0.25) is 9.80 Å². The highest BCUT2D eigenvalue weighted by molar-refractivity contribution is 5.90. The van der Waals surface area contributed by atoms with Crippen LogP contribution in [0.4, 0.5) is 55.9 Å². The van der Waals surface area contributed by atoms with E-state index in [4.69, 9.17) is 4.74 Å². The lowest BCUT2D eigenvalue weighted by Gasteiger charge is -2.43. The second-order valence-electron chi connectivity index (χ2n) is 14.9. The maximum absolute atomic E-state index is 14.2. The van der Waals surface area contributed by atoms with E-state index in [0.29, 0.717) is 38.2 Å². The Labute approximate surface area is 340 Å². The van der Waals surface area contributed by atoms with Gasteiger partial charge in [0.15, 0.2) is 0 Å². The number of carbonyl (C=O) groups is 1. The average molecular weight is 848 g/mol. The van der Waals surface area contributed by atoms with E-state index in [9.17, 15) is 44.3 Å². The maximum Gasteiger partial charge on any atom is 0.416 e. The minimum absolute atomic E-state index is 0.00624. The Morgan fingerprint density at radius 3 is 1.85 bits per heavy atom. The summed E-state index contributed by atoms with van der Waals surface area (Å²) in [4.78, 5) is 19.2. The minimum atomic E-state index is -5.16. The van der Waals surface area contributed by atoms with Gasteiger partial charge in [0.05, 0.1) is 41.1 Å². The third-order valence-corrected chi connectivity index (χ3v) is 9.92. The molecule has 0 saturated carbocycles. The van der Waals surface area contributed by atoms with Crippen LogP contribution in [0.3, 0.4) is 0 Å². The van der Waals surface area contributed by atoms with E-state index in [1.54, 1.807) is 20.8 Å². The smallest absolute Gasteiger partial charge is 0.416 e. The average Bonchev–Trinajstić information content (AvgIpc) is 3.64. The second kappa shape index (κ2) is 17.9. The van der Waals surface area contributed by atoms with Crippen molar-refractivity contribution in [2.24, 2.45) is 0 Å². The Bertz CT molecular complexity index is 2140. The number of aromatic nitrogens is 4. The van der Waals surface area contributed by atoms with Gasteiger partial charge in [0.2, 0.25) is 0 Å². The van der Waals surface area contributed by atoms with Crippen LogP contribution in [-0.2, 0) is 49.4 Å². The normalized spacial score (nSPS) is 16.0. The lowest BCUT2D eigenvalue weighted by atomic mass is 9.89. The molecule has 0 spiro atoms. The molecule has 320 valence electrons. The fourth-order valence-corrected chi connectivity index (χ4v) is 7.25. The molecule has 2 atom stereocenters. The van der Waals surface area contributed by atoms with Crippen molar-refractivity contribution >= 4 is 17.7 Å². The number of amides is 1. The first-order chi connectivity index (χ1) is 28.3. The summed E-state index contributed by atoms with van der Waals surface area (Å²) in [5.41, 5.74) is -2.62. The van der Waals surface area contributed by atoms with Gasteiger partial charge in [-0.2, -0.15) is 44.3 Å². The van der Waals surface area contributed by atoms with Gasteiger partial charge >= 0.3 is 24.6 Å². The molecule has 60 heavy (non-hydrogen) atoms. The Kier molecular flexibility index (Phi) is 13.1. The fourth-order valence-electron chi connectivity index (χ4n) is 7.25. The summed E-state index contributed by atoms with van der Waals surface area (Å²) in [6.45, 7) is 6.07. The zero-order valence-electron chi connectivity index (χ0n) is 32.8. The molecule has 9 nitrogen and oxygen atoms in total. The Hall–Kier alpha value is -5.65. The van der Waals surface area contributed by atoms with Crippen molar-refractivity contribution in [2.75, 3.05) is 16.3 Å². The molecule has 1 amide bonds. The van der Waals surface area contributed by atoms with Gasteiger partial charge in [0.1, 0.15) is 0 Å². The summed E-state index contributed by atoms with van der Waals surface area (Å²) in [7, 11) is 0. The molecule has 0 saturated heterocycles. The number of benzene rings is 4. The lowest BCUT2D eigenvalue weighted by molar-refractivity contribution is -0.143. The van der Waals surface area contributed by atoms with Crippen LogP contribution in [0.15, 0.2) is 97.1 Å². The monoisotopic (exact) mass is 847 g/mol. The fraction of sp³-hybridized carbons (Fsp3) is 0.381. The Morgan fingerprint density at radius 1 is 0.750 bits per heavy atom. The van der Waals surface area contributed by atoms with Crippen LogP contribution in [0.1, 0.15) is 78.6 Å². The zero-order valence-corrected chi connectivity index (χ0v) is 32.8. The molecule has 0 bridgehead atoms. The van der Waals surface area contributed by atoms with E-state index in [-0.39, 0.29) is 36.2 Å². The topological polar surface area (TPSA) is 79.6 Å². The molecule has 1 aliphatic rings. The van der Waals surface area contributed by atoms with Crippen molar-refractivity contribution in [2.45, 2.75) is 96.5 Å². The molecule has 0 fully saturated rings. The number of halogens is 9. The molecule has 2 heterocycles. The SMILES string of the molecule is CC(C)OC(=O)N1c2ccc(C(F)(F)F)cc2[C@H](N(Cc2cc(C(F)(F)F)cc(C(F)(F)F)c2)c2nnn(CCCN(Cc3ccccc3)Cc3ccccc3)n2)C[C@@H]1C. The van der Waals surface area contributed by atoms with Gasteiger partial charge in [0, 0.05) is 32.2 Å². The number of hydrogen-bond donors (Lipinski definition) is 0. The largest absolute Gasteiger partial charge is 0.446 e. The number of nitrogens with zero attached hydrogens (tertiary/aromatic N) is 7. The van der Waals surface area contributed by atoms with E-state index in [2.05, 4.69) is 20.3 Å². The number of tetrazole rings is 1. The number of carbonyl (C=O) groups excluding carboxylic acids is 1. The van der Waals surface area contributed by atoms with Gasteiger partial charge < -0.3 is 9.64 Å². The molecule has 0 radical (unpaired) electrons. The van der Waals surface area contributed by atoms with Crippen molar-refractivity contribution in [1.29, 1.82) is 0 Å². The van der Waals surface area contributed by atoms with Crippen LogP contribution in [0.5, 0.6) is 0 Å². The molecule has 4 aromatic carbocycles. The van der Waals surface area contributed by atoms with Crippen molar-refractivity contribution in [1.82, 2.24) is 25.1 Å². The van der Waals surface area contributed by atoms with E-state index in [1.165, 1.54) is 14.6 Å². The predicted octanol–water partition coefficient (Wildman–Crippen LogP) is 10.7. The third-order valence-electron chi connectivity index (χ3n) is 9.92. The van der Waals surface area contributed by atoms with Gasteiger partial charge in [-0.1, -0.05) is 65.8 Å². The molecule has 18 heteroatoms. The van der Waals surface area contributed by atoms with Crippen LogP contribution < -0.4 is 9.80 Å². The van der Waals surface area contributed by atoms with Crippen molar-refractivity contribution in [3.8, 4) is 0 Å². The minimum Gasteiger partial charge on any atom is -0.446 e. The molecule has 0 unspecified atom stereocenters. The summed E-state index contributed by atoms with van der Waals surface area (Å²) >= 11 is 0. The van der Waals surface area contributed by atoms with Crippen molar-refractivity contribution in [3.05, 3.63) is 136 Å². The summed E-state index contributed by atoms with van der Waals surface area (Å²) in [5, 5.41) is 12.8. The molecular weight excluding hydrogens is 805 g/mol. The van der Waals surface area contributed by atoms with Crippen LogP contribution in [0.2, 0.25) is 0 Å². The maximum atomic E-state index is 14.2. The third kappa shape index (κ3) is 10.9. The predicted molar refractivity (Wildman–Crippen MR) is 204 cm³/mol.